The van der Waals surface area contributed by atoms with Gasteiger partial charge in [-0.2, -0.15) is 10.1 Å². The Bertz CT molecular complexity index is 1620. The first-order valence-electron chi connectivity index (χ1n) is 13.0. The summed E-state index contributed by atoms with van der Waals surface area (Å²) in [5.41, 5.74) is -0.872. The molecule has 2 atom stereocenters. The number of carbonyl (C=O) groups is 1. The number of hydrogen-bond acceptors (Lipinski definition) is 6. The van der Waals surface area contributed by atoms with Crippen LogP contribution in [0, 0.1) is 17.5 Å². The molecule has 0 bridgehead atoms. The molecule has 208 valence electrons. The second-order valence-electron chi connectivity index (χ2n) is 9.60. The van der Waals surface area contributed by atoms with Gasteiger partial charge in [-0.1, -0.05) is 6.92 Å². The number of rotatable bonds is 7. The Morgan fingerprint density at radius 2 is 1.90 bits per heavy atom. The summed E-state index contributed by atoms with van der Waals surface area (Å²) >= 11 is 0. The summed E-state index contributed by atoms with van der Waals surface area (Å²) in [6.45, 7) is 4.39. The lowest BCUT2D eigenvalue weighted by atomic mass is 10.0. The highest BCUT2D eigenvalue weighted by molar-refractivity contribution is 5.96. The Labute approximate surface area is 227 Å². The number of benzene rings is 1. The number of halogens is 3. The van der Waals surface area contributed by atoms with Crippen LogP contribution in [0.25, 0.3) is 11.5 Å². The van der Waals surface area contributed by atoms with Gasteiger partial charge < -0.3 is 10.0 Å². The van der Waals surface area contributed by atoms with Gasteiger partial charge in [0.15, 0.2) is 11.4 Å². The molecule has 2 unspecified atom stereocenters. The van der Waals surface area contributed by atoms with Gasteiger partial charge in [0.2, 0.25) is 5.88 Å². The summed E-state index contributed by atoms with van der Waals surface area (Å²) in [7, 11) is 0. The molecule has 1 saturated heterocycles. The van der Waals surface area contributed by atoms with Crippen LogP contribution >= 0.6 is 0 Å². The first kappa shape index (κ1) is 27.1. The zero-order valence-corrected chi connectivity index (χ0v) is 21.9. The lowest BCUT2D eigenvalue weighted by Gasteiger charge is -2.24. The molecule has 1 amide bonds. The molecule has 12 heteroatoms. The van der Waals surface area contributed by atoms with E-state index in [4.69, 9.17) is 0 Å². The molecular weight excluding hydrogens is 525 g/mol. The Morgan fingerprint density at radius 1 is 1.15 bits per heavy atom. The highest BCUT2D eigenvalue weighted by atomic mass is 19.1. The third-order valence-corrected chi connectivity index (χ3v) is 7.12. The van der Waals surface area contributed by atoms with E-state index < -0.39 is 52.3 Å². The molecule has 0 aliphatic carbocycles. The summed E-state index contributed by atoms with van der Waals surface area (Å²) in [4.78, 5) is 37.3. The number of aromatic hydroxyl groups is 1. The standard InChI is InChI=1S/C28H27F3N6O3/c1-3-22(17-12-18(29)14-19(30)13-17)37-25(21-8-11-36(4-2)34-21)33-26(38)23(28(37)40)27(39)35-10-7-16(15-35)24-20(31)6-5-9-32-24/h5-6,8-9,11-14,16,22,38H,3-4,7,10,15H2,1-2H3. The largest absolute Gasteiger partial charge is 0.493 e. The van der Waals surface area contributed by atoms with Crippen LogP contribution in [0.2, 0.25) is 0 Å². The van der Waals surface area contributed by atoms with Crippen molar-refractivity contribution >= 4 is 5.91 Å². The average molecular weight is 553 g/mol. The van der Waals surface area contributed by atoms with Gasteiger partial charge in [-0.05, 0) is 55.7 Å². The van der Waals surface area contributed by atoms with Crippen molar-refractivity contribution in [2.75, 3.05) is 13.1 Å². The maximum atomic E-state index is 14.3. The maximum Gasteiger partial charge on any atom is 0.271 e. The number of amides is 1. The predicted molar refractivity (Wildman–Crippen MR) is 139 cm³/mol. The highest BCUT2D eigenvalue weighted by Crippen LogP contribution is 2.32. The number of hydrogen-bond donors (Lipinski definition) is 1. The fourth-order valence-electron chi connectivity index (χ4n) is 5.20. The van der Waals surface area contributed by atoms with E-state index in [1.165, 1.54) is 23.2 Å². The van der Waals surface area contributed by atoms with E-state index in [9.17, 15) is 27.9 Å². The van der Waals surface area contributed by atoms with Crippen LogP contribution in [0.1, 0.15) is 60.3 Å². The normalized spacial score (nSPS) is 15.9. The van der Waals surface area contributed by atoms with Crippen LogP contribution in [-0.4, -0.2) is 53.3 Å². The topological polar surface area (TPSA) is 106 Å². The third kappa shape index (κ3) is 4.96. The molecule has 3 aromatic heterocycles. The number of pyridine rings is 1. The molecule has 4 aromatic rings. The number of carbonyl (C=O) groups excluding carboxylic acids is 1. The molecule has 1 fully saturated rings. The van der Waals surface area contributed by atoms with Crippen LogP contribution in [-0.2, 0) is 6.54 Å². The van der Waals surface area contributed by atoms with Gasteiger partial charge in [0.1, 0.15) is 23.1 Å². The number of aryl methyl sites for hydroxylation is 1. The van der Waals surface area contributed by atoms with Crippen molar-refractivity contribution in [2.45, 2.75) is 45.2 Å². The molecule has 1 aliphatic heterocycles. The Morgan fingerprint density at radius 3 is 2.55 bits per heavy atom. The van der Waals surface area contributed by atoms with Gasteiger partial charge in [0.05, 0.1) is 11.7 Å². The van der Waals surface area contributed by atoms with E-state index >= 15 is 0 Å². The molecule has 4 heterocycles. The van der Waals surface area contributed by atoms with Crippen LogP contribution in [0.15, 0.2) is 53.6 Å². The molecule has 1 aliphatic rings. The lowest BCUT2D eigenvalue weighted by molar-refractivity contribution is 0.0783. The van der Waals surface area contributed by atoms with E-state index in [0.29, 0.717) is 13.0 Å². The van der Waals surface area contributed by atoms with E-state index in [1.807, 2.05) is 6.92 Å². The number of nitrogens with zero attached hydrogens (tertiary/aromatic N) is 6. The molecule has 5 rings (SSSR count). The SMILES string of the molecule is CCC(c1cc(F)cc(F)c1)n1c(-c2ccn(CC)n2)nc(O)c(C(=O)N2CCC(c3ncccc3F)C2)c1=O. The van der Waals surface area contributed by atoms with Gasteiger partial charge in [0.25, 0.3) is 11.5 Å². The van der Waals surface area contributed by atoms with Crippen LogP contribution in [0.5, 0.6) is 5.88 Å². The second-order valence-corrected chi connectivity index (χ2v) is 9.60. The zero-order chi connectivity index (χ0) is 28.6. The van der Waals surface area contributed by atoms with Gasteiger partial charge in [-0.25, -0.2) is 13.2 Å². The maximum absolute atomic E-state index is 14.3. The van der Waals surface area contributed by atoms with Crippen LogP contribution < -0.4 is 5.56 Å². The van der Waals surface area contributed by atoms with E-state index in [0.717, 1.165) is 22.8 Å². The van der Waals surface area contributed by atoms with Crippen molar-refractivity contribution < 1.29 is 23.1 Å². The molecular formula is C28H27F3N6O3. The first-order chi connectivity index (χ1) is 19.2. The van der Waals surface area contributed by atoms with Crippen LogP contribution in [0.3, 0.4) is 0 Å². The van der Waals surface area contributed by atoms with Gasteiger partial charge >= 0.3 is 0 Å². The van der Waals surface area contributed by atoms with Crippen molar-refractivity contribution in [2.24, 2.45) is 0 Å². The third-order valence-electron chi connectivity index (χ3n) is 7.12. The quantitative estimate of drug-likeness (QED) is 0.367. The average Bonchev–Trinajstić information content (AvgIpc) is 3.60. The summed E-state index contributed by atoms with van der Waals surface area (Å²) in [6, 6.07) is 6.36. The zero-order valence-electron chi connectivity index (χ0n) is 21.9. The van der Waals surface area contributed by atoms with Crippen molar-refractivity contribution in [1.82, 2.24) is 29.2 Å². The summed E-state index contributed by atoms with van der Waals surface area (Å²) < 4.78 is 45.5. The van der Waals surface area contributed by atoms with Gasteiger partial charge in [-0.3, -0.25) is 23.8 Å². The van der Waals surface area contributed by atoms with Crippen LogP contribution in [0.4, 0.5) is 13.2 Å². The van der Waals surface area contributed by atoms with E-state index in [2.05, 4.69) is 15.1 Å². The number of likely N-dealkylation sites (tertiary alicyclic amines) is 1. The minimum absolute atomic E-state index is 0.0578. The molecule has 1 aromatic carbocycles. The van der Waals surface area contributed by atoms with Gasteiger partial charge in [0, 0.05) is 44.0 Å². The summed E-state index contributed by atoms with van der Waals surface area (Å²) in [6.07, 6.45) is 3.74. The smallest absolute Gasteiger partial charge is 0.271 e. The highest BCUT2D eigenvalue weighted by Gasteiger charge is 2.35. The second kappa shape index (κ2) is 10.9. The van der Waals surface area contributed by atoms with E-state index in [-0.39, 0.29) is 42.3 Å². The predicted octanol–water partition coefficient (Wildman–Crippen LogP) is 4.27. The van der Waals surface area contributed by atoms with E-state index in [1.54, 1.807) is 23.9 Å². The fourth-order valence-corrected chi connectivity index (χ4v) is 5.20. The fraction of sp³-hybridized carbons (Fsp3) is 0.321. The van der Waals surface area contributed by atoms with Crippen molar-refractivity contribution in [3.05, 3.63) is 93.4 Å². The summed E-state index contributed by atoms with van der Waals surface area (Å²) in [5, 5.41) is 15.3. The minimum atomic E-state index is -0.937. The Kier molecular flexibility index (Phi) is 7.42. The Balaban J connectivity index is 1.62. The van der Waals surface area contributed by atoms with Crippen molar-refractivity contribution in [3.63, 3.8) is 0 Å². The summed E-state index contributed by atoms with van der Waals surface area (Å²) in [5.74, 6) is -4.17. The molecule has 1 N–H and O–H groups in total. The molecule has 40 heavy (non-hydrogen) atoms. The molecule has 0 radical (unpaired) electrons. The first-order valence-corrected chi connectivity index (χ1v) is 13.0. The monoisotopic (exact) mass is 552 g/mol. The van der Waals surface area contributed by atoms with Gasteiger partial charge in [-0.15, -0.1) is 0 Å². The molecule has 0 saturated carbocycles. The molecule has 9 nitrogen and oxygen atoms in total. The lowest BCUT2D eigenvalue weighted by Crippen LogP contribution is -2.38. The Hall–Kier alpha value is -4.48. The van der Waals surface area contributed by atoms with Crippen molar-refractivity contribution in [1.29, 1.82) is 0 Å². The van der Waals surface area contributed by atoms with Crippen molar-refractivity contribution in [3.8, 4) is 17.4 Å². The number of aromatic nitrogens is 5. The molecule has 0 spiro atoms. The minimum Gasteiger partial charge on any atom is -0.493 e.